The first-order valence-corrected chi connectivity index (χ1v) is 8.87. The van der Waals surface area contributed by atoms with Crippen LogP contribution in [0, 0.1) is 6.92 Å². The molecule has 2 N–H and O–H groups in total. The highest BCUT2D eigenvalue weighted by Crippen LogP contribution is 2.33. The van der Waals surface area contributed by atoms with Gasteiger partial charge in [-0.3, -0.25) is 9.59 Å². The van der Waals surface area contributed by atoms with E-state index in [9.17, 15) is 14.4 Å². The van der Waals surface area contributed by atoms with E-state index in [0.29, 0.717) is 12.3 Å². The molecule has 0 bridgehead atoms. The number of hydrogen-bond donors (Lipinski definition) is 2. The normalized spacial score (nSPS) is 10.1. The van der Waals surface area contributed by atoms with E-state index in [0.717, 1.165) is 11.1 Å². The standard InChI is InChI=1S/C21H24N2O6/c1-13-5-7-15(8-6-13)11-22-20(25)12-29-21(26)16-9-18(27-3)19(28-4)10-17(16)23-14(2)24/h5-10H,11-12H2,1-4H3,(H,22,25)(H,23,24). The summed E-state index contributed by atoms with van der Waals surface area (Å²) >= 11 is 0. The van der Waals surface area contributed by atoms with Crippen molar-refractivity contribution < 1.29 is 28.6 Å². The predicted molar refractivity (Wildman–Crippen MR) is 107 cm³/mol. The molecule has 2 amide bonds. The van der Waals surface area contributed by atoms with Crippen LogP contribution in [0.15, 0.2) is 36.4 Å². The zero-order valence-electron chi connectivity index (χ0n) is 16.8. The minimum absolute atomic E-state index is 0.0455. The van der Waals surface area contributed by atoms with Gasteiger partial charge in [-0.25, -0.2) is 4.79 Å². The number of anilines is 1. The van der Waals surface area contributed by atoms with Gasteiger partial charge in [0.15, 0.2) is 18.1 Å². The van der Waals surface area contributed by atoms with Crippen molar-refractivity contribution in [2.45, 2.75) is 20.4 Å². The fraction of sp³-hybridized carbons (Fsp3) is 0.286. The van der Waals surface area contributed by atoms with Crippen molar-refractivity contribution in [3.05, 3.63) is 53.1 Å². The van der Waals surface area contributed by atoms with Gasteiger partial charge in [0.05, 0.1) is 25.5 Å². The van der Waals surface area contributed by atoms with Gasteiger partial charge in [0.2, 0.25) is 5.91 Å². The van der Waals surface area contributed by atoms with Crippen LogP contribution in [0.3, 0.4) is 0 Å². The van der Waals surface area contributed by atoms with Crippen molar-refractivity contribution in [3.8, 4) is 11.5 Å². The van der Waals surface area contributed by atoms with Crippen molar-refractivity contribution in [3.63, 3.8) is 0 Å². The van der Waals surface area contributed by atoms with Crippen molar-refractivity contribution >= 4 is 23.5 Å². The first kappa shape index (κ1) is 21.7. The average molecular weight is 400 g/mol. The lowest BCUT2D eigenvalue weighted by Gasteiger charge is -2.14. The number of methoxy groups -OCH3 is 2. The van der Waals surface area contributed by atoms with Crippen LogP contribution in [0.1, 0.15) is 28.4 Å². The number of rotatable bonds is 8. The third-order valence-electron chi connectivity index (χ3n) is 4.00. The third-order valence-corrected chi connectivity index (χ3v) is 4.00. The second-order valence-electron chi connectivity index (χ2n) is 6.27. The molecule has 0 unspecified atom stereocenters. The van der Waals surface area contributed by atoms with E-state index in [4.69, 9.17) is 14.2 Å². The first-order chi connectivity index (χ1) is 13.8. The molecule has 154 valence electrons. The van der Waals surface area contributed by atoms with Crippen LogP contribution in [0.4, 0.5) is 5.69 Å². The Bertz CT molecular complexity index is 893. The molecule has 0 heterocycles. The van der Waals surface area contributed by atoms with Gasteiger partial charge in [0, 0.05) is 25.6 Å². The Labute approximate surface area is 169 Å². The Hall–Kier alpha value is -3.55. The van der Waals surface area contributed by atoms with E-state index in [1.54, 1.807) is 0 Å². The highest BCUT2D eigenvalue weighted by Gasteiger charge is 2.20. The molecular weight excluding hydrogens is 376 g/mol. The van der Waals surface area contributed by atoms with Crippen molar-refractivity contribution in [2.24, 2.45) is 0 Å². The second-order valence-corrected chi connectivity index (χ2v) is 6.27. The van der Waals surface area contributed by atoms with Gasteiger partial charge in [-0.1, -0.05) is 29.8 Å². The van der Waals surface area contributed by atoms with E-state index < -0.39 is 18.5 Å². The van der Waals surface area contributed by atoms with E-state index in [2.05, 4.69) is 10.6 Å². The Morgan fingerprint density at radius 3 is 2.17 bits per heavy atom. The molecule has 0 saturated carbocycles. The number of aryl methyl sites for hydroxylation is 1. The fourth-order valence-electron chi connectivity index (χ4n) is 2.51. The lowest BCUT2D eigenvalue weighted by atomic mass is 10.1. The summed E-state index contributed by atoms with van der Waals surface area (Å²) in [6.45, 7) is 3.15. The number of nitrogens with one attached hydrogen (secondary N) is 2. The number of carbonyl (C=O) groups is 3. The molecule has 29 heavy (non-hydrogen) atoms. The minimum atomic E-state index is -0.778. The van der Waals surface area contributed by atoms with Crippen molar-refractivity contribution in [2.75, 3.05) is 26.1 Å². The molecule has 8 nitrogen and oxygen atoms in total. The SMILES string of the molecule is COc1cc(NC(C)=O)c(C(=O)OCC(=O)NCc2ccc(C)cc2)cc1OC. The largest absolute Gasteiger partial charge is 0.493 e. The molecule has 2 aromatic carbocycles. The Kier molecular flexibility index (Phi) is 7.59. The Balaban J connectivity index is 2.03. The maximum atomic E-state index is 12.5. The zero-order chi connectivity index (χ0) is 21.4. The number of amides is 2. The summed E-state index contributed by atoms with van der Waals surface area (Å²) in [4.78, 5) is 35.9. The minimum Gasteiger partial charge on any atom is -0.493 e. The maximum absolute atomic E-state index is 12.5. The highest BCUT2D eigenvalue weighted by molar-refractivity contribution is 6.02. The van der Waals surface area contributed by atoms with Crippen molar-refractivity contribution in [1.82, 2.24) is 5.32 Å². The van der Waals surface area contributed by atoms with Crippen molar-refractivity contribution in [1.29, 1.82) is 0 Å². The second kappa shape index (κ2) is 10.1. The van der Waals surface area contributed by atoms with Crippen LogP contribution in [0.2, 0.25) is 0 Å². The predicted octanol–water partition coefficient (Wildman–Crippen LogP) is 2.44. The quantitative estimate of drug-likeness (QED) is 0.660. The molecule has 0 radical (unpaired) electrons. The summed E-state index contributed by atoms with van der Waals surface area (Å²) < 4.78 is 15.5. The molecule has 0 aliphatic carbocycles. The summed E-state index contributed by atoms with van der Waals surface area (Å²) in [7, 11) is 2.86. The third kappa shape index (κ3) is 6.24. The van der Waals surface area contributed by atoms with Crippen LogP contribution in [0.5, 0.6) is 11.5 Å². The number of carbonyl (C=O) groups excluding carboxylic acids is 3. The monoisotopic (exact) mass is 400 g/mol. The van der Waals surface area contributed by atoms with Crippen LogP contribution in [0.25, 0.3) is 0 Å². The molecule has 0 aromatic heterocycles. The van der Waals surface area contributed by atoms with Gasteiger partial charge < -0.3 is 24.8 Å². The molecule has 0 spiro atoms. The first-order valence-electron chi connectivity index (χ1n) is 8.87. The van der Waals surface area contributed by atoms with Crippen LogP contribution < -0.4 is 20.1 Å². The Morgan fingerprint density at radius 1 is 0.966 bits per heavy atom. The van der Waals surface area contributed by atoms with Gasteiger partial charge in [-0.2, -0.15) is 0 Å². The van der Waals surface area contributed by atoms with E-state index in [1.807, 2.05) is 31.2 Å². The molecule has 0 saturated heterocycles. The average Bonchev–Trinajstić information content (AvgIpc) is 2.70. The molecule has 0 aliphatic rings. The topological polar surface area (TPSA) is 103 Å². The summed E-state index contributed by atoms with van der Waals surface area (Å²) in [6.07, 6.45) is 0. The maximum Gasteiger partial charge on any atom is 0.340 e. The molecule has 2 aromatic rings. The van der Waals surface area contributed by atoms with Gasteiger partial charge in [-0.15, -0.1) is 0 Å². The molecule has 0 fully saturated rings. The summed E-state index contributed by atoms with van der Waals surface area (Å²) in [5.74, 6) is -0.969. The summed E-state index contributed by atoms with van der Waals surface area (Å²) in [5, 5.41) is 5.23. The molecule has 0 atom stereocenters. The molecular formula is C21H24N2O6. The van der Waals surface area contributed by atoms with Gasteiger partial charge in [0.25, 0.3) is 5.91 Å². The lowest BCUT2D eigenvalue weighted by molar-refractivity contribution is -0.124. The number of ether oxygens (including phenoxy) is 3. The molecule has 2 rings (SSSR count). The number of benzene rings is 2. The van der Waals surface area contributed by atoms with E-state index in [-0.39, 0.29) is 22.9 Å². The smallest absolute Gasteiger partial charge is 0.340 e. The van der Waals surface area contributed by atoms with Crippen LogP contribution in [-0.4, -0.2) is 38.6 Å². The highest BCUT2D eigenvalue weighted by atomic mass is 16.5. The van der Waals surface area contributed by atoms with Crippen LogP contribution in [-0.2, 0) is 20.9 Å². The molecule has 8 heteroatoms. The summed E-state index contributed by atoms with van der Waals surface area (Å²) in [5.41, 5.74) is 2.30. The Morgan fingerprint density at radius 2 is 1.59 bits per heavy atom. The van der Waals surface area contributed by atoms with Crippen LogP contribution >= 0.6 is 0 Å². The van der Waals surface area contributed by atoms with Gasteiger partial charge in [0.1, 0.15) is 0 Å². The number of hydrogen-bond acceptors (Lipinski definition) is 6. The van der Waals surface area contributed by atoms with Gasteiger partial charge >= 0.3 is 5.97 Å². The lowest BCUT2D eigenvalue weighted by Crippen LogP contribution is -2.28. The summed E-state index contributed by atoms with van der Waals surface area (Å²) in [6, 6.07) is 10.5. The zero-order valence-corrected chi connectivity index (χ0v) is 16.8. The van der Waals surface area contributed by atoms with E-state index >= 15 is 0 Å². The van der Waals surface area contributed by atoms with Gasteiger partial charge in [-0.05, 0) is 12.5 Å². The fourth-order valence-corrected chi connectivity index (χ4v) is 2.51. The van der Waals surface area contributed by atoms with E-state index in [1.165, 1.54) is 33.3 Å². The number of esters is 1. The molecule has 0 aliphatic heterocycles.